The van der Waals surface area contributed by atoms with Crippen molar-refractivity contribution in [2.75, 3.05) is 4.90 Å². The standard InChI is InChI=1S/C14H9F2N2.C13H16O.3CH3.Ti/c15-11-6-3-7-12(16)13(11)18-8-9-4-1-2-5-10(9)14(18)17;1-8-7-11-10-5-3-4-6-12(10)14-13(11)9(8)2;;;;/h1-7H,8H2;3-6,8-9,11,13H,7H2,1-2H3;3*1H3;/q-1;;3*-1;+4. The second-order valence-corrected chi connectivity index (χ2v) is 8.94. The molecule has 3 nitrogen and oxygen atoms in total. The topological polar surface area (TPSA) is 34.8 Å². The van der Waals surface area contributed by atoms with Gasteiger partial charge in [0.15, 0.2) is 0 Å². The van der Waals surface area contributed by atoms with Gasteiger partial charge in [0.1, 0.15) is 23.5 Å². The van der Waals surface area contributed by atoms with Crippen LogP contribution in [0.4, 0.5) is 14.5 Å². The molecular formula is C30H34F2N2OTi. The quantitative estimate of drug-likeness (QED) is 0.240. The largest absolute Gasteiger partial charge is 4.00 e. The van der Waals surface area contributed by atoms with E-state index in [1.165, 1.54) is 35.1 Å². The van der Waals surface area contributed by atoms with Gasteiger partial charge in [-0.15, -0.1) is 0 Å². The molecule has 6 rings (SSSR count). The summed E-state index contributed by atoms with van der Waals surface area (Å²) >= 11 is 0. The summed E-state index contributed by atoms with van der Waals surface area (Å²) < 4.78 is 33.4. The fourth-order valence-electron chi connectivity index (χ4n) is 5.17. The van der Waals surface area contributed by atoms with Gasteiger partial charge in [-0.3, -0.25) is 0 Å². The van der Waals surface area contributed by atoms with Crippen LogP contribution in [0.15, 0.2) is 66.7 Å². The number of anilines is 1. The maximum absolute atomic E-state index is 13.7. The predicted molar refractivity (Wildman–Crippen MR) is 142 cm³/mol. The summed E-state index contributed by atoms with van der Waals surface area (Å²) in [5.41, 5.74) is 2.68. The van der Waals surface area contributed by atoms with Crippen molar-refractivity contribution in [2.45, 2.75) is 38.8 Å². The van der Waals surface area contributed by atoms with E-state index in [9.17, 15) is 14.2 Å². The van der Waals surface area contributed by atoms with Crippen LogP contribution >= 0.6 is 0 Å². The van der Waals surface area contributed by atoms with E-state index in [4.69, 9.17) is 4.74 Å². The Morgan fingerprint density at radius 2 is 1.47 bits per heavy atom. The number of fused-ring (bicyclic) bond motifs is 4. The van der Waals surface area contributed by atoms with E-state index in [1.807, 2.05) is 12.1 Å². The van der Waals surface area contributed by atoms with E-state index < -0.39 is 11.6 Å². The SMILES string of the molecule is CC1CC2c3ccccc3OC2C1C.[CH3-].[CH3-].[CH3-].[N-]=C1c2ccccc2CN1c1c(F)cccc1F.[Ti+4]. The number of hydrogen-bond donors (Lipinski definition) is 0. The van der Waals surface area contributed by atoms with Gasteiger partial charge in [-0.2, -0.15) is 0 Å². The molecule has 1 saturated carbocycles. The van der Waals surface area contributed by atoms with Gasteiger partial charge in [0.2, 0.25) is 0 Å². The Bertz CT molecular complexity index is 1160. The molecule has 0 amide bonds. The Morgan fingerprint density at radius 3 is 2.14 bits per heavy atom. The maximum atomic E-state index is 13.7. The Kier molecular flexibility index (Phi) is 11.1. The van der Waals surface area contributed by atoms with Gasteiger partial charge in [0.25, 0.3) is 0 Å². The normalized spacial score (nSPS) is 22.1. The number of rotatable bonds is 1. The van der Waals surface area contributed by atoms with E-state index in [1.54, 1.807) is 12.1 Å². The molecule has 0 spiro atoms. The van der Waals surface area contributed by atoms with E-state index in [0.717, 1.165) is 17.2 Å². The maximum Gasteiger partial charge on any atom is 4.00 e. The van der Waals surface area contributed by atoms with Crippen LogP contribution in [0.5, 0.6) is 5.75 Å². The van der Waals surface area contributed by atoms with E-state index in [0.29, 0.717) is 23.5 Å². The third kappa shape index (κ3) is 5.43. The summed E-state index contributed by atoms with van der Waals surface area (Å²) in [6.45, 7) is 4.93. The third-order valence-electron chi connectivity index (χ3n) is 7.07. The van der Waals surface area contributed by atoms with Crippen LogP contribution in [-0.4, -0.2) is 11.9 Å². The number of para-hydroxylation sites is 2. The molecule has 0 N–H and O–H groups in total. The van der Waals surface area contributed by atoms with Crippen LogP contribution in [0.2, 0.25) is 0 Å². The first-order valence-electron chi connectivity index (χ1n) is 11.1. The molecule has 2 heterocycles. The molecule has 36 heavy (non-hydrogen) atoms. The molecule has 0 aromatic heterocycles. The van der Waals surface area contributed by atoms with Crippen molar-refractivity contribution < 1.29 is 35.2 Å². The molecule has 3 aromatic carbocycles. The van der Waals surface area contributed by atoms with Crippen LogP contribution in [0.3, 0.4) is 0 Å². The molecule has 3 aromatic rings. The van der Waals surface area contributed by atoms with Crippen molar-refractivity contribution in [3.63, 3.8) is 0 Å². The van der Waals surface area contributed by atoms with Crippen molar-refractivity contribution in [3.8, 4) is 5.75 Å². The summed E-state index contributed by atoms with van der Waals surface area (Å²) in [4.78, 5) is 1.25. The van der Waals surface area contributed by atoms with Gasteiger partial charge in [0, 0.05) is 17.2 Å². The summed E-state index contributed by atoms with van der Waals surface area (Å²) in [6.07, 6.45) is 1.74. The number of benzene rings is 3. The minimum Gasteiger partial charge on any atom is -0.489 e. The summed E-state index contributed by atoms with van der Waals surface area (Å²) in [7, 11) is 0. The summed E-state index contributed by atoms with van der Waals surface area (Å²) in [6, 6.07) is 19.3. The molecule has 1 aliphatic carbocycles. The Morgan fingerprint density at radius 1 is 0.861 bits per heavy atom. The number of amidine groups is 1. The molecule has 0 radical (unpaired) electrons. The molecule has 4 unspecified atom stereocenters. The molecule has 6 heteroatoms. The van der Waals surface area contributed by atoms with Gasteiger partial charge in [0.05, 0.1) is 0 Å². The van der Waals surface area contributed by atoms with E-state index >= 15 is 0 Å². The van der Waals surface area contributed by atoms with Crippen molar-refractivity contribution in [3.05, 3.63) is 123 Å². The first-order valence-corrected chi connectivity index (χ1v) is 11.1. The summed E-state index contributed by atoms with van der Waals surface area (Å²) in [5, 5.41) is 10.1. The number of nitrogens with zero attached hydrogens (tertiary/aromatic N) is 2. The molecule has 4 atom stereocenters. The van der Waals surface area contributed by atoms with Crippen molar-refractivity contribution in [1.29, 1.82) is 0 Å². The molecule has 0 bridgehead atoms. The smallest absolute Gasteiger partial charge is 0.489 e. The van der Waals surface area contributed by atoms with Crippen LogP contribution < -0.4 is 9.64 Å². The molecule has 1 fully saturated rings. The van der Waals surface area contributed by atoms with Gasteiger partial charge in [-0.25, -0.2) is 8.78 Å². The third-order valence-corrected chi connectivity index (χ3v) is 7.07. The van der Waals surface area contributed by atoms with Crippen molar-refractivity contribution >= 4 is 11.5 Å². The fraction of sp³-hybridized carbons (Fsp3) is 0.267. The van der Waals surface area contributed by atoms with Gasteiger partial charge in [-0.05, 0) is 54.1 Å². The molecule has 0 saturated heterocycles. The minimum absolute atomic E-state index is 0. The first kappa shape index (κ1) is 31.5. The zero-order valence-electron chi connectivity index (χ0n) is 21.6. The van der Waals surface area contributed by atoms with E-state index in [2.05, 4.69) is 38.1 Å². The van der Waals surface area contributed by atoms with Crippen LogP contribution in [0.1, 0.15) is 42.9 Å². The summed E-state index contributed by atoms with van der Waals surface area (Å²) in [5.74, 6) is 1.81. The van der Waals surface area contributed by atoms with Gasteiger partial charge >= 0.3 is 21.7 Å². The zero-order chi connectivity index (χ0) is 22.4. The molecule has 188 valence electrons. The van der Waals surface area contributed by atoms with Crippen LogP contribution in [0, 0.1) is 45.8 Å². The number of hydrogen-bond acceptors (Lipinski definition) is 1. The second-order valence-electron chi connectivity index (χ2n) is 8.94. The van der Waals surface area contributed by atoms with Crippen LogP contribution in [0.25, 0.3) is 5.41 Å². The Labute approximate surface area is 230 Å². The first-order chi connectivity index (χ1) is 15.5. The van der Waals surface area contributed by atoms with E-state index in [-0.39, 0.29) is 62.1 Å². The molecule has 3 aliphatic rings. The van der Waals surface area contributed by atoms with Gasteiger partial charge < -0.3 is 37.3 Å². The second kappa shape index (κ2) is 12.6. The molecule has 2 aliphatic heterocycles. The monoisotopic (exact) mass is 524 g/mol. The predicted octanol–water partition coefficient (Wildman–Crippen LogP) is 7.86. The Balaban J connectivity index is 0.000000331. The minimum atomic E-state index is -0.686. The Hall–Kier alpha value is -2.50. The van der Waals surface area contributed by atoms with Crippen molar-refractivity contribution in [1.82, 2.24) is 0 Å². The zero-order valence-corrected chi connectivity index (χ0v) is 23.2. The van der Waals surface area contributed by atoms with Crippen molar-refractivity contribution in [2.24, 2.45) is 11.8 Å². The van der Waals surface area contributed by atoms with Crippen LogP contribution in [-0.2, 0) is 28.3 Å². The number of halogens is 2. The fourth-order valence-corrected chi connectivity index (χ4v) is 5.17. The average molecular weight is 524 g/mol. The number of ether oxygens (including phenoxy) is 1. The molecular weight excluding hydrogens is 490 g/mol. The van der Waals surface area contributed by atoms with Gasteiger partial charge in [-0.1, -0.05) is 68.2 Å². The average Bonchev–Trinajstić information content (AvgIpc) is 3.41.